The first-order valence-corrected chi connectivity index (χ1v) is 8.91. The van der Waals surface area contributed by atoms with Gasteiger partial charge >= 0.3 is 0 Å². The van der Waals surface area contributed by atoms with Gasteiger partial charge in [0.2, 0.25) is 0 Å². The standard InChI is InChI=1S/C14H22ClNO3S/c1-4-14(17,5-2)10-16-9-11-12(15)7-6-8-13(11)20(3,18)19/h6-8,16-17H,4-5,9-10H2,1-3H3. The first-order valence-electron chi connectivity index (χ1n) is 6.64. The van der Waals surface area contributed by atoms with Crippen LogP contribution in [0.4, 0.5) is 0 Å². The van der Waals surface area contributed by atoms with Crippen LogP contribution in [-0.2, 0) is 16.4 Å². The summed E-state index contributed by atoms with van der Waals surface area (Å²) in [6.45, 7) is 4.55. The van der Waals surface area contributed by atoms with Crippen molar-refractivity contribution < 1.29 is 13.5 Å². The Morgan fingerprint density at radius 2 is 1.90 bits per heavy atom. The van der Waals surface area contributed by atoms with Crippen molar-refractivity contribution in [1.29, 1.82) is 0 Å². The van der Waals surface area contributed by atoms with Gasteiger partial charge in [0.15, 0.2) is 9.84 Å². The summed E-state index contributed by atoms with van der Waals surface area (Å²) in [5.74, 6) is 0. The highest BCUT2D eigenvalue weighted by Crippen LogP contribution is 2.24. The molecule has 0 aliphatic carbocycles. The van der Waals surface area contributed by atoms with Crippen LogP contribution in [0.15, 0.2) is 23.1 Å². The van der Waals surface area contributed by atoms with E-state index in [9.17, 15) is 13.5 Å². The zero-order valence-electron chi connectivity index (χ0n) is 12.1. The Hall–Kier alpha value is -0.620. The van der Waals surface area contributed by atoms with E-state index >= 15 is 0 Å². The highest BCUT2D eigenvalue weighted by molar-refractivity contribution is 7.90. The van der Waals surface area contributed by atoms with Crippen LogP contribution in [0.1, 0.15) is 32.3 Å². The Balaban J connectivity index is 2.89. The second-order valence-corrected chi connectivity index (χ2v) is 7.42. The SMILES string of the molecule is CCC(O)(CC)CNCc1c(Cl)cccc1S(C)(=O)=O. The van der Waals surface area contributed by atoms with Gasteiger partial charge in [0.25, 0.3) is 0 Å². The topological polar surface area (TPSA) is 66.4 Å². The monoisotopic (exact) mass is 319 g/mol. The lowest BCUT2D eigenvalue weighted by Crippen LogP contribution is -2.39. The third kappa shape index (κ3) is 4.45. The Morgan fingerprint density at radius 3 is 2.40 bits per heavy atom. The summed E-state index contributed by atoms with van der Waals surface area (Å²) in [7, 11) is -3.32. The maximum Gasteiger partial charge on any atom is 0.175 e. The van der Waals surface area contributed by atoms with Crippen LogP contribution < -0.4 is 5.32 Å². The van der Waals surface area contributed by atoms with Crippen LogP contribution >= 0.6 is 11.6 Å². The summed E-state index contributed by atoms with van der Waals surface area (Å²) in [6, 6.07) is 4.83. The molecule has 2 N–H and O–H groups in total. The van der Waals surface area contributed by atoms with Gasteiger partial charge in [-0.05, 0) is 25.0 Å². The van der Waals surface area contributed by atoms with E-state index < -0.39 is 15.4 Å². The zero-order valence-corrected chi connectivity index (χ0v) is 13.7. The van der Waals surface area contributed by atoms with Crippen LogP contribution in [0.5, 0.6) is 0 Å². The van der Waals surface area contributed by atoms with Crippen molar-refractivity contribution in [2.75, 3.05) is 12.8 Å². The number of benzene rings is 1. The van der Waals surface area contributed by atoms with Crippen LogP contribution in [0.3, 0.4) is 0 Å². The molecule has 0 saturated carbocycles. The molecule has 0 aromatic heterocycles. The van der Waals surface area contributed by atoms with E-state index in [2.05, 4.69) is 5.32 Å². The lowest BCUT2D eigenvalue weighted by Gasteiger charge is -2.25. The molecule has 4 nitrogen and oxygen atoms in total. The second kappa shape index (κ2) is 6.89. The van der Waals surface area contributed by atoms with Gasteiger partial charge in [-0.15, -0.1) is 0 Å². The van der Waals surface area contributed by atoms with E-state index in [1.165, 1.54) is 0 Å². The van der Waals surface area contributed by atoms with E-state index in [0.29, 0.717) is 36.5 Å². The van der Waals surface area contributed by atoms with Gasteiger partial charge in [0.1, 0.15) is 0 Å². The van der Waals surface area contributed by atoms with Crippen molar-refractivity contribution in [3.63, 3.8) is 0 Å². The molecule has 20 heavy (non-hydrogen) atoms. The summed E-state index contributed by atoms with van der Waals surface area (Å²) >= 11 is 6.09. The van der Waals surface area contributed by atoms with Crippen LogP contribution in [0.2, 0.25) is 5.02 Å². The van der Waals surface area contributed by atoms with E-state index in [1.54, 1.807) is 18.2 Å². The fraction of sp³-hybridized carbons (Fsp3) is 0.571. The Labute approximate surface area is 126 Å². The van der Waals surface area contributed by atoms with Gasteiger partial charge < -0.3 is 10.4 Å². The van der Waals surface area contributed by atoms with E-state index in [4.69, 9.17) is 11.6 Å². The van der Waals surface area contributed by atoms with Crippen molar-refractivity contribution in [3.05, 3.63) is 28.8 Å². The molecule has 0 aliphatic heterocycles. The van der Waals surface area contributed by atoms with Crippen LogP contribution in [-0.4, -0.2) is 31.9 Å². The van der Waals surface area contributed by atoms with E-state index in [1.807, 2.05) is 13.8 Å². The molecule has 0 spiro atoms. The number of nitrogens with one attached hydrogen (secondary N) is 1. The maximum atomic E-state index is 11.7. The molecule has 1 aromatic rings. The van der Waals surface area contributed by atoms with Crippen molar-refractivity contribution in [1.82, 2.24) is 5.32 Å². The van der Waals surface area contributed by atoms with Gasteiger partial charge in [0, 0.05) is 29.9 Å². The molecule has 0 atom stereocenters. The van der Waals surface area contributed by atoms with E-state index in [0.717, 1.165) is 6.26 Å². The predicted molar refractivity (Wildman–Crippen MR) is 81.8 cm³/mol. The molecule has 0 unspecified atom stereocenters. The normalized spacial score (nSPS) is 12.7. The summed E-state index contributed by atoms with van der Waals surface area (Å²) < 4.78 is 23.5. The van der Waals surface area contributed by atoms with Gasteiger partial charge in [-0.1, -0.05) is 31.5 Å². The number of hydrogen-bond acceptors (Lipinski definition) is 4. The van der Waals surface area contributed by atoms with Gasteiger partial charge in [-0.25, -0.2) is 8.42 Å². The molecular weight excluding hydrogens is 298 g/mol. The molecule has 0 heterocycles. The lowest BCUT2D eigenvalue weighted by molar-refractivity contribution is 0.0322. The summed E-state index contributed by atoms with van der Waals surface area (Å²) in [5, 5.41) is 13.7. The third-order valence-corrected chi connectivity index (χ3v) is 5.08. The summed E-state index contributed by atoms with van der Waals surface area (Å²) in [6.07, 6.45) is 2.44. The molecule has 114 valence electrons. The Bertz CT molecular complexity index is 554. The van der Waals surface area contributed by atoms with Gasteiger partial charge in [-0.2, -0.15) is 0 Å². The first kappa shape index (κ1) is 17.4. The van der Waals surface area contributed by atoms with Crippen molar-refractivity contribution in [2.45, 2.75) is 43.7 Å². The minimum Gasteiger partial charge on any atom is -0.389 e. The number of rotatable bonds is 7. The number of aliphatic hydroxyl groups is 1. The van der Waals surface area contributed by atoms with E-state index in [-0.39, 0.29) is 4.90 Å². The Morgan fingerprint density at radius 1 is 1.30 bits per heavy atom. The highest BCUT2D eigenvalue weighted by Gasteiger charge is 2.22. The minimum atomic E-state index is -3.32. The second-order valence-electron chi connectivity index (χ2n) is 5.02. The maximum absolute atomic E-state index is 11.7. The van der Waals surface area contributed by atoms with Crippen LogP contribution in [0, 0.1) is 0 Å². The number of halogens is 1. The molecule has 0 amide bonds. The van der Waals surface area contributed by atoms with Gasteiger partial charge in [-0.3, -0.25) is 0 Å². The molecule has 0 aliphatic rings. The average Bonchev–Trinajstić information content (AvgIpc) is 2.39. The predicted octanol–water partition coefficient (Wildman–Crippen LogP) is 2.38. The van der Waals surface area contributed by atoms with Crippen molar-refractivity contribution in [3.8, 4) is 0 Å². The first-order chi connectivity index (χ1) is 9.23. The molecule has 0 radical (unpaired) electrons. The molecule has 1 rings (SSSR count). The molecular formula is C14H22ClNO3S. The number of sulfone groups is 1. The minimum absolute atomic E-state index is 0.231. The van der Waals surface area contributed by atoms with Crippen molar-refractivity contribution in [2.24, 2.45) is 0 Å². The largest absolute Gasteiger partial charge is 0.389 e. The lowest BCUT2D eigenvalue weighted by atomic mass is 9.97. The molecule has 1 aromatic carbocycles. The third-order valence-electron chi connectivity index (χ3n) is 3.55. The quantitative estimate of drug-likeness (QED) is 0.810. The molecule has 0 fully saturated rings. The summed E-state index contributed by atoms with van der Waals surface area (Å²) in [4.78, 5) is 0.231. The molecule has 0 saturated heterocycles. The fourth-order valence-corrected chi connectivity index (χ4v) is 3.23. The average molecular weight is 320 g/mol. The van der Waals surface area contributed by atoms with Crippen molar-refractivity contribution >= 4 is 21.4 Å². The number of hydrogen-bond donors (Lipinski definition) is 2. The Kier molecular flexibility index (Phi) is 6.01. The highest BCUT2D eigenvalue weighted by atomic mass is 35.5. The molecule has 6 heteroatoms. The summed E-state index contributed by atoms with van der Waals surface area (Å²) in [5.41, 5.74) is -0.224. The van der Waals surface area contributed by atoms with Crippen LogP contribution in [0.25, 0.3) is 0 Å². The van der Waals surface area contributed by atoms with Gasteiger partial charge in [0.05, 0.1) is 10.5 Å². The zero-order chi connectivity index (χ0) is 15.4. The fourth-order valence-electron chi connectivity index (χ4n) is 1.98. The molecule has 0 bridgehead atoms. The smallest absolute Gasteiger partial charge is 0.175 e.